The van der Waals surface area contributed by atoms with Gasteiger partial charge in [0.2, 0.25) is 0 Å². The van der Waals surface area contributed by atoms with Crippen molar-refractivity contribution in [3.63, 3.8) is 0 Å². The minimum absolute atomic E-state index is 0.0274. The van der Waals surface area contributed by atoms with Gasteiger partial charge in [-0.2, -0.15) is 0 Å². The van der Waals surface area contributed by atoms with Gasteiger partial charge in [0.1, 0.15) is 0 Å². The Kier molecular flexibility index (Phi) is 8.12. The third kappa shape index (κ3) is 15.1. The lowest BCUT2D eigenvalue weighted by atomic mass is 10.9. The predicted molar refractivity (Wildman–Crippen MR) is 72.3 cm³/mol. The number of rotatable bonds is 9. The van der Waals surface area contributed by atoms with E-state index in [-0.39, 0.29) is 18.5 Å². The molecular formula is C6H18O9P4. The molecular weight excluding hydrogens is 340 g/mol. The molecule has 9 nitrogen and oxygen atoms in total. The minimum atomic E-state index is -4.22. The van der Waals surface area contributed by atoms with Crippen molar-refractivity contribution >= 4 is 30.7 Å². The average Bonchev–Trinajstić information content (AvgIpc) is 2.11. The molecule has 0 bridgehead atoms. The molecule has 0 saturated carbocycles. The third-order valence-corrected chi connectivity index (χ3v) is 8.17. The van der Waals surface area contributed by atoms with E-state index in [1.807, 2.05) is 0 Å². The summed E-state index contributed by atoms with van der Waals surface area (Å²) in [5, 5.41) is 0. The number of hydrogen-bond donors (Lipinski definition) is 6. The smallest absolute Gasteiger partial charge is 0.324 e. The molecule has 116 valence electrons. The fourth-order valence-corrected chi connectivity index (χ4v) is 8.34. The van der Waals surface area contributed by atoms with Crippen molar-refractivity contribution in [1.82, 2.24) is 0 Å². The molecule has 0 aliphatic rings. The molecule has 0 aliphatic heterocycles. The van der Waals surface area contributed by atoms with Gasteiger partial charge in [0.25, 0.3) is 0 Å². The highest BCUT2D eigenvalue weighted by Crippen LogP contribution is 2.48. The highest BCUT2D eigenvalue weighted by Gasteiger charge is 2.23. The van der Waals surface area contributed by atoms with Gasteiger partial charge in [0.15, 0.2) is 0 Å². The van der Waals surface area contributed by atoms with Crippen molar-refractivity contribution in [2.75, 3.05) is 37.0 Å². The highest BCUT2D eigenvalue weighted by atomic mass is 31.2. The maximum absolute atomic E-state index is 10.7. The first-order chi connectivity index (χ1) is 8.29. The molecule has 0 radical (unpaired) electrons. The molecule has 0 fully saturated rings. The summed E-state index contributed by atoms with van der Waals surface area (Å²) in [5.41, 5.74) is 0. The Balaban J connectivity index is 4.42. The van der Waals surface area contributed by atoms with Gasteiger partial charge >= 0.3 is 22.8 Å². The van der Waals surface area contributed by atoms with Gasteiger partial charge in [-0.3, -0.25) is 13.7 Å². The van der Waals surface area contributed by atoms with E-state index in [1.54, 1.807) is 0 Å². The standard InChI is InChI=1S/C6H18O9P4/c7-17(8,9)4-1-16(2-5-18(10,11)12)3-6-19(13,14)15/h1-6H2,(H2,7,8,9)(H2,10,11,12)(H2,13,14,15). The van der Waals surface area contributed by atoms with Crippen LogP contribution in [0, 0.1) is 0 Å². The molecule has 0 aliphatic carbocycles. The average molecular weight is 358 g/mol. The van der Waals surface area contributed by atoms with E-state index in [1.165, 1.54) is 0 Å². The molecule has 0 unspecified atom stereocenters. The zero-order valence-electron chi connectivity index (χ0n) is 9.94. The van der Waals surface area contributed by atoms with Gasteiger partial charge in [0, 0.05) is 0 Å². The van der Waals surface area contributed by atoms with Crippen LogP contribution in [-0.4, -0.2) is 66.3 Å². The second kappa shape index (κ2) is 7.77. The van der Waals surface area contributed by atoms with Crippen molar-refractivity contribution < 1.29 is 43.1 Å². The summed E-state index contributed by atoms with van der Waals surface area (Å²) in [6, 6.07) is 0. The fraction of sp³-hybridized carbons (Fsp3) is 1.00. The Morgan fingerprint density at radius 1 is 0.579 bits per heavy atom. The second-order valence-electron chi connectivity index (χ2n) is 4.01. The summed E-state index contributed by atoms with van der Waals surface area (Å²) in [4.78, 5) is 52.4. The van der Waals surface area contributed by atoms with E-state index in [4.69, 9.17) is 29.4 Å². The predicted octanol–water partition coefficient (Wildman–Crippen LogP) is 0.00140. The summed E-state index contributed by atoms with van der Waals surface area (Å²) in [5.74, 6) is 0. The Labute approximate surface area is 111 Å². The van der Waals surface area contributed by atoms with Crippen LogP contribution in [0.2, 0.25) is 0 Å². The van der Waals surface area contributed by atoms with Crippen molar-refractivity contribution in [1.29, 1.82) is 0 Å². The summed E-state index contributed by atoms with van der Waals surface area (Å²) >= 11 is 0. The Hall–Kier alpha value is 0.880. The molecule has 0 spiro atoms. The van der Waals surface area contributed by atoms with E-state index < -0.39 is 49.2 Å². The SMILES string of the molecule is O=P(O)(O)CCP(CCP(=O)(O)O)CCP(=O)(O)O. The zero-order chi connectivity index (χ0) is 15.3. The molecule has 0 rings (SSSR count). The van der Waals surface area contributed by atoms with Gasteiger partial charge in [-0.15, -0.1) is 7.92 Å². The lowest BCUT2D eigenvalue weighted by Gasteiger charge is -2.18. The van der Waals surface area contributed by atoms with E-state index in [0.29, 0.717) is 0 Å². The first-order valence-electron chi connectivity index (χ1n) is 5.15. The van der Waals surface area contributed by atoms with E-state index in [2.05, 4.69) is 0 Å². The Morgan fingerprint density at radius 2 is 0.789 bits per heavy atom. The molecule has 19 heavy (non-hydrogen) atoms. The molecule has 0 aromatic heterocycles. The molecule has 6 N–H and O–H groups in total. The van der Waals surface area contributed by atoms with Crippen molar-refractivity contribution in [3.05, 3.63) is 0 Å². The van der Waals surface area contributed by atoms with Gasteiger partial charge in [-0.25, -0.2) is 0 Å². The van der Waals surface area contributed by atoms with Crippen LogP contribution in [0.15, 0.2) is 0 Å². The van der Waals surface area contributed by atoms with Gasteiger partial charge < -0.3 is 29.4 Å². The molecule has 13 heteroatoms. The molecule has 0 saturated heterocycles. The molecule has 0 aromatic carbocycles. The quantitative estimate of drug-likeness (QED) is 0.310. The topological polar surface area (TPSA) is 173 Å². The first kappa shape index (κ1) is 19.9. The normalized spacial score (nSPS) is 14.1. The fourth-order valence-electron chi connectivity index (χ4n) is 1.15. The van der Waals surface area contributed by atoms with Crippen LogP contribution in [0.25, 0.3) is 0 Å². The van der Waals surface area contributed by atoms with Gasteiger partial charge in [0.05, 0.1) is 18.5 Å². The largest absolute Gasteiger partial charge is 0.325 e. The molecule has 0 amide bonds. The first-order valence-corrected chi connectivity index (χ1v) is 12.4. The summed E-state index contributed by atoms with van der Waals surface area (Å²) in [6.07, 6.45) is -1.25. The van der Waals surface area contributed by atoms with Gasteiger partial charge in [-0.05, 0) is 18.5 Å². The van der Waals surface area contributed by atoms with E-state index in [0.717, 1.165) is 0 Å². The van der Waals surface area contributed by atoms with Crippen molar-refractivity contribution in [2.24, 2.45) is 0 Å². The minimum Gasteiger partial charge on any atom is -0.324 e. The lowest BCUT2D eigenvalue weighted by Crippen LogP contribution is -2.06. The van der Waals surface area contributed by atoms with Crippen LogP contribution >= 0.6 is 30.7 Å². The van der Waals surface area contributed by atoms with Crippen LogP contribution in [0.4, 0.5) is 0 Å². The monoisotopic (exact) mass is 358 g/mol. The third-order valence-electron chi connectivity index (χ3n) is 2.12. The zero-order valence-corrected chi connectivity index (χ0v) is 13.5. The summed E-state index contributed by atoms with van der Waals surface area (Å²) < 4.78 is 32.2. The Morgan fingerprint density at radius 3 is 0.947 bits per heavy atom. The molecule has 0 heterocycles. The van der Waals surface area contributed by atoms with Gasteiger partial charge in [-0.1, -0.05) is 0 Å². The van der Waals surface area contributed by atoms with Crippen LogP contribution in [-0.2, 0) is 13.7 Å². The Bertz CT molecular complexity index is 343. The maximum Gasteiger partial charge on any atom is 0.325 e. The number of hydrogen-bond acceptors (Lipinski definition) is 3. The maximum atomic E-state index is 10.7. The van der Waals surface area contributed by atoms with Crippen LogP contribution < -0.4 is 0 Å². The van der Waals surface area contributed by atoms with Crippen LogP contribution in [0.3, 0.4) is 0 Å². The second-order valence-corrected chi connectivity index (χ2v) is 12.0. The van der Waals surface area contributed by atoms with Crippen molar-refractivity contribution in [2.45, 2.75) is 0 Å². The molecule has 0 aromatic rings. The highest BCUT2D eigenvalue weighted by molar-refractivity contribution is 7.62. The van der Waals surface area contributed by atoms with E-state index >= 15 is 0 Å². The van der Waals surface area contributed by atoms with Crippen LogP contribution in [0.1, 0.15) is 0 Å². The van der Waals surface area contributed by atoms with Crippen LogP contribution in [0.5, 0.6) is 0 Å². The van der Waals surface area contributed by atoms with E-state index in [9.17, 15) is 13.7 Å². The summed E-state index contributed by atoms with van der Waals surface area (Å²) in [6.45, 7) is 0. The van der Waals surface area contributed by atoms with Crippen molar-refractivity contribution in [3.8, 4) is 0 Å². The molecule has 0 atom stereocenters. The lowest BCUT2D eigenvalue weighted by molar-refractivity contribution is 0.373. The summed E-state index contributed by atoms with van der Waals surface area (Å²) in [7, 11) is -13.9.